The number of hydrogen-bond acceptors (Lipinski definition) is 4. The Kier molecular flexibility index (Phi) is 3.21. The Morgan fingerprint density at radius 1 is 1.61 bits per heavy atom. The van der Waals surface area contributed by atoms with E-state index in [0.29, 0.717) is 12.5 Å². The molecular formula is C12H16FN3O2. The van der Waals surface area contributed by atoms with Gasteiger partial charge in [0.15, 0.2) is 0 Å². The van der Waals surface area contributed by atoms with E-state index in [9.17, 15) is 14.5 Å². The Bertz CT molecular complexity index is 476. The number of nitro groups is 1. The molecule has 1 saturated carbocycles. The summed E-state index contributed by atoms with van der Waals surface area (Å²) in [6.07, 6.45) is 2.09. The molecule has 0 spiro atoms. The molecule has 1 aliphatic carbocycles. The molecule has 0 radical (unpaired) electrons. The van der Waals surface area contributed by atoms with E-state index >= 15 is 0 Å². The molecule has 6 heteroatoms. The van der Waals surface area contributed by atoms with Crippen LogP contribution in [0.4, 0.5) is 15.8 Å². The van der Waals surface area contributed by atoms with Gasteiger partial charge < -0.3 is 11.1 Å². The fourth-order valence-electron chi connectivity index (χ4n) is 2.15. The first-order valence-electron chi connectivity index (χ1n) is 5.89. The lowest BCUT2D eigenvalue weighted by Crippen LogP contribution is -2.44. The van der Waals surface area contributed by atoms with Crippen molar-refractivity contribution in [2.45, 2.75) is 25.3 Å². The average molecular weight is 253 g/mol. The molecule has 98 valence electrons. The maximum Gasteiger partial charge on any atom is 0.327 e. The second kappa shape index (κ2) is 4.53. The van der Waals surface area contributed by atoms with E-state index in [1.54, 1.807) is 0 Å². The normalized spacial score (nSPS) is 18.2. The molecular weight excluding hydrogens is 237 g/mol. The highest BCUT2D eigenvalue weighted by molar-refractivity contribution is 5.63. The van der Waals surface area contributed by atoms with Crippen molar-refractivity contribution in [2.24, 2.45) is 11.7 Å². The number of rotatable bonds is 5. The van der Waals surface area contributed by atoms with E-state index < -0.39 is 22.0 Å². The number of nitrogens with one attached hydrogen (secondary N) is 1. The van der Waals surface area contributed by atoms with Gasteiger partial charge >= 0.3 is 5.69 Å². The fraction of sp³-hybridized carbons (Fsp3) is 0.500. The molecule has 2 rings (SSSR count). The fourth-order valence-corrected chi connectivity index (χ4v) is 2.15. The van der Waals surface area contributed by atoms with Crippen molar-refractivity contribution in [3.05, 3.63) is 34.1 Å². The molecule has 1 fully saturated rings. The van der Waals surface area contributed by atoms with Gasteiger partial charge in [-0.25, -0.2) is 0 Å². The van der Waals surface area contributed by atoms with Gasteiger partial charge in [-0.1, -0.05) is 6.07 Å². The predicted octanol–water partition coefficient (Wildman–Crippen LogP) is 2.27. The van der Waals surface area contributed by atoms with Gasteiger partial charge in [0.25, 0.3) is 0 Å². The molecule has 18 heavy (non-hydrogen) atoms. The summed E-state index contributed by atoms with van der Waals surface area (Å²) in [6, 6.07) is 4.05. The molecule has 0 aromatic heterocycles. The van der Waals surface area contributed by atoms with Crippen LogP contribution < -0.4 is 11.1 Å². The summed E-state index contributed by atoms with van der Waals surface area (Å²) in [7, 11) is 0. The second-order valence-corrected chi connectivity index (χ2v) is 4.91. The first kappa shape index (κ1) is 12.8. The number of anilines is 1. The number of benzene rings is 1. The van der Waals surface area contributed by atoms with Gasteiger partial charge in [-0.3, -0.25) is 10.1 Å². The van der Waals surface area contributed by atoms with Crippen LogP contribution in [0, 0.1) is 21.8 Å². The zero-order valence-electron chi connectivity index (χ0n) is 10.1. The summed E-state index contributed by atoms with van der Waals surface area (Å²) in [4.78, 5) is 10.2. The zero-order valence-corrected chi connectivity index (χ0v) is 10.1. The summed E-state index contributed by atoms with van der Waals surface area (Å²) in [5.74, 6) is -0.439. The van der Waals surface area contributed by atoms with E-state index in [0.717, 1.165) is 18.9 Å². The minimum atomic E-state index is -0.833. The third-order valence-electron chi connectivity index (χ3n) is 3.49. The topological polar surface area (TPSA) is 81.2 Å². The number of nitrogens with zero attached hydrogens (tertiary/aromatic N) is 1. The van der Waals surface area contributed by atoms with Crippen LogP contribution in [0.1, 0.15) is 19.8 Å². The maximum absolute atomic E-state index is 13.5. The highest BCUT2D eigenvalue weighted by Gasteiger charge is 2.41. The quantitative estimate of drug-likeness (QED) is 0.623. The molecule has 0 heterocycles. The van der Waals surface area contributed by atoms with Gasteiger partial charge in [-0.2, -0.15) is 4.39 Å². The van der Waals surface area contributed by atoms with Crippen LogP contribution >= 0.6 is 0 Å². The third kappa shape index (κ3) is 2.28. The van der Waals surface area contributed by atoms with Crippen molar-refractivity contribution in [2.75, 3.05) is 11.9 Å². The zero-order chi connectivity index (χ0) is 13.3. The summed E-state index contributed by atoms with van der Waals surface area (Å²) in [6.45, 7) is 2.27. The standard InChI is InChI=1S/C12H16FN3O2/c1-12(7-14,8-5-6-8)15-10-4-2-3-9(13)11(10)16(17)18/h2-4,8,15H,5-7,14H2,1H3. The Morgan fingerprint density at radius 2 is 2.28 bits per heavy atom. The lowest BCUT2D eigenvalue weighted by molar-refractivity contribution is -0.386. The van der Waals surface area contributed by atoms with Crippen LogP contribution in [0.3, 0.4) is 0 Å². The maximum atomic E-state index is 13.5. The molecule has 1 aromatic carbocycles. The minimum absolute atomic E-state index is 0.194. The molecule has 3 N–H and O–H groups in total. The van der Waals surface area contributed by atoms with Crippen molar-refractivity contribution in [3.63, 3.8) is 0 Å². The van der Waals surface area contributed by atoms with Gasteiger partial charge in [0.2, 0.25) is 5.82 Å². The molecule has 0 aliphatic heterocycles. The molecule has 0 saturated heterocycles. The summed E-state index contributed by atoms with van der Waals surface area (Å²) in [5, 5.41) is 13.9. The van der Waals surface area contributed by atoms with E-state index in [-0.39, 0.29) is 5.69 Å². The van der Waals surface area contributed by atoms with E-state index in [4.69, 9.17) is 5.73 Å². The third-order valence-corrected chi connectivity index (χ3v) is 3.49. The number of para-hydroxylation sites is 1. The first-order valence-corrected chi connectivity index (χ1v) is 5.89. The molecule has 1 atom stereocenters. The highest BCUT2D eigenvalue weighted by atomic mass is 19.1. The number of hydrogen-bond donors (Lipinski definition) is 2. The van der Waals surface area contributed by atoms with Gasteiger partial charge in [0.1, 0.15) is 5.69 Å². The van der Waals surface area contributed by atoms with Gasteiger partial charge in [0, 0.05) is 12.1 Å². The summed E-state index contributed by atoms with van der Waals surface area (Å²) in [5.41, 5.74) is 4.99. The Balaban J connectivity index is 2.33. The van der Waals surface area contributed by atoms with E-state index in [2.05, 4.69) is 5.32 Å². The van der Waals surface area contributed by atoms with Crippen LogP contribution in [0.5, 0.6) is 0 Å². The lowest BCUT2D eigenvalue weighted by atomic mass is 9.95. The van der Waals surface area contributed by atoms with Crippen LogP contribution in [0.2, 0.25) is 0 Å². The van der Waals surface area contributed by atoms with Crippen molar-refractivity contribution in [3.8, 4) is 0 Å². The lowest BCUT2D eigenvalue weighted by Gasteiger charge is -2.30. The van der Waals surface area contributed by atoms with Crippen LogP contribution in [-0.2, 0) is 0 Å². The second-order valence-electron chi connectivity index (χ2n) is 4.91. The smallest absolute Gasteiger partial charge is 0.327 e. The molecule has 1 aromatic rings. The average Bonchev–Trinajstić information content (AvgIpc) is 3.12. The van der Waals surface area contributed by atoms with Gasteiger partial charge in [-0.05, 0) is 37.8 Å². The molecule has 5 nitrogen and oxygen atoms in total. The van der Waals surface area contributed by atoms with Gasteiger partial charge in [-0.15, -0.1) is 0 Å². The first-order chi connectivity index (χ1) is 8.48. The summed E-state index contributed by atoms with van der Waals surface area (Å²) >= 11 is 0. The Labute approximate surface area is 104 Å². The molecule has 0 bridgehead atoms. The van der Waals surface area contributed by atoms with Crippen molar-refractivity contribution >= 4 is 11.4 Å². The van der Waals surface area contributed by atoms with Crippen LogP contribution in [0.15, 0.2) is 18.2 Å². The number of halogens is 1. The Hall–Kier alpha value is -1.69. The summed E-state index contributed by atoms with van der Waals surface area (Å²) < 4.78 is 13.5. The number of nitro benzene ring substituents is 1. The van der Waals surface area contributed by atoms with E-state index in [1.807, 2.05) is 6.92 Å². The molecule has 1 unspecified atom stereocenters. The van der Waals surface area contributed by atoms with Gasteiger partial charge in [0.05, 0.1) is 4.92 Å². The monoisotopic (exact) mass is 253 g/mol. The van der Waals surface area contributed by atoms with Crippen LogP contribution in [-0.4, -0.2) is 17.0 Å². The molecule has 1 aliphatic rings. The van der Waals surface area contributed by atoms with Crippen LogP contribution in [0.25, 0.3) is 0 Å². The SMILES string of the molecule is CC(CN)(Nc1cccc(F)c1[N+](=O)[O-])C1CC1. The van der Waals surface area contributed by atoms with Crippen molar-refractivity contribution in [1.29, 1.82) is 0 Å². The predicted molar refractivity (Wildman–Crippen MR) is 66.9 cm³/mol. The highest BCUT2D eigenvalue weighted by Crippen LogP contribution is 2.42. The Morgan fingerprint density at radius 3 is 2.78 bits per heavy atom. The largest absolute Gasteiger partial charge is 0.373 e. The number of nitrogens with two attached hydrogens (primary N) is 1. The molecule has 0 amide bonds. The van der Waals surface area contributed by atoms with E-state index in [1.165, 1.54) is 12.1 Å². The van der Waals surface area contributed by atoms with Crippen molar-refractivity contribution in [1.82, 2.24) is 0 Å². The minimum Gasteiger partial charge on any atom is -0.373 e. The van der Waals surface area contributed by atoms with Crippen molar-refractivity contribution < 1.29 is 9.31 Å².